The van der Waals surface area contributed by atoms with E-state index in [2.05, 4.69) is 218 Å². The number of benzene rings is 12. The first-order valence-electron chi connectivity index (χ1n) is 21.1. The van der Waals surface area contributed by atoms with Gasteiger partial charge in [0.05, 0.1) is 0 Å². The van der Waals surface area contributed by atoms with Crippen molar-refractivity contribution in [3.63, 3.8) is 0 Å². The molecule has 0 aliphatic heterocycles. The Hall–Kier alpha value is -7.28. The van der Waals surface area contributed by atoms with Crippen LogP contribution in [-0.4, -0.2) is 14.5 Å². The van der Waals surface area contributed by atoms with Crippen molar-refractivity contribution in [2.45, 2.75) is 0 Å². The minimum absolute atomic E-state index is 0.191. The summed E-state index contributed by atoms with van der Waals surface area (Å²) in [5, 5.41) is 18.1. The monoisotopic (exact) mass is 836 g/mol. The van der Waals surface area contributed by atoms with Crippen LogP contribution in [0.2, 0.25) is 0 Å². The molecule has 0 aliphatic rings. The summed E-state index contributed by atoms with van der Waals surface area (Å²) in [6.07, 6.45) is 0. The van der Waals surface area contributed by atoms with Crippen molar-refractivity contribution in [3.8, 4) is 44.5 Å². The fourth-order valence-electron chi connectivity index (χ4n) is 10.4. The van der Waals surface area contributed by atoms with Crippen molar-refractivity contribution in [1.82, 2.24) is 0 Å². The Morgan fingerprint density at radius 2 is 0.574 bits per heavy atom. The summed E-state index contributed by atoms with van der Waals surface area (Å²) in [4.78, 5) is 0. The first-order valence-corrected chi connectivity index (χ1v) is 22.8. The number of hydrogen-bond acceptors (Lipinski definition) is 0. The predicted molar refractivity (Wildman–Crippen MR) is 265 cm³/mol. The average Bonchev–Trinajstić information content (AvgIpc) is 3.69. The summed E-state index contributed by atoms with van der Waals surface area (Å²) in [5.41, 5.74) is 10.3. The van der Waals surface area contributed by atoms with Crippen molar-refractivity contribution >= 4 is 98.4 Å². The van der Waals surface area contributed by atoms with E-state index in [0.717, 1.165) is 0 Å². The minimum atomic E-state index is 0.191. The van der Waals surface area contributed by atoms with Crippen LogP contribution in [0.1, 0.15) is 0 Å². The molecule has 0 saturated carbocycles. The van der Waals surface area contributed by atoms with E-state index in [-0.39, 0.29) is 14.5 Å². The van der Waals surface area contributed by atoms with Crippen LogP contribution in [0, 0.1) is 0 Å². The van der Waals surface area contributed by atoms with Crippen LogP contribution in [0.15, 0.2) is 218 Å². The molecule has 0 unspecified atom stereocenters. The fraction of sp³-hybridized carbons (Fsp3) is 0. The molecule has 13 aromatic rings. The van der Waals surface area contributed by atoms with Crippen LogP contribution in [0.4, 0.5) is 0 Å². The van der Waals surface area contributed by atoms with Gasteiger partial charge in [-0.2, -0.15) is 0 Å². The zero-order chi connectivity index (χ0) is 40.0. The Morgan fingerprint density at radius 3 is 1.03 bits per heavy atom. The summed E-state index contributed by atoms with van der Waals surface area (Å²) in [7, 11) is 0. The molecule has 13 rings (SSSR count). The Labute approximate surface area is 359 Å². The molecule has 12 aromatic carbocycles. The van der Waals surface area contributed by atoms with E-state index in [4.69, 9.17) is 0 Å². The molecular weight excluding hydrogens is 800 g/mol. The van der Waals surface area contributed by atoms with Crippen molar-refractivity contribution in [3.05, 3.63) is 218 Å². The van der Waals surface area contributed by atoms with Crippen LogP contribution in [-0.2, 0) is 0 Å². The molecule has 0 amide bonds. The molecule has 61 heavy (non-hydrogen) atoms. The second-order valence-electron chi connectivity index (χ2n) is 16.3. The Bertz CT molecular complexity index is 3820. The second kappa shape index (κ2) is 13.6. The van der Waals surface area contributed by atoms with Gasteiger partial charge in [0, 0.05) is 0 Å². The van der Waals surface area contributed by atoms with Crippen LogP contribution in [0.3, 0.4) is 0 Å². The van der Waals surface area contributed by atoms with Gasteiger partial charge in [-0.3, -0.25) is 0 Å². The zero-order valence-corrected chi connectivity index (χ0v) is 34.9. The molecule has 0 aliphatic carbocycles. The van der Waals surface area contributed by atoms with Gasteiger partial charge in [0.15, 0.2) is 0 Å². The van der Waals surface area contributed by atoms with Gasteiger partial charge < -0.3 is 0 Å². The van der Waals surface area contributed by atoms with Crippen LogP contribution in [0.25, 0.3) is 128 Å². The molecule has 0 fully saturated rings. The van der Waals surface area contributed by atoms with E-state index in [1.165, 1.54) is 128 Å². The molecule has 0 nitrogen and oxygen atoms in total. The van der Waals surface area contributed by atoms with Crippen molar-refractivity contribution in [2.24, 2.45) is 0 Å². The van der Waals surface area contributed by atoms with Gasteiger partial charge >= 0.3 is 355 Å². The summed E-state index contributed by atoms with van der Waals surface area (Å²) in [6, 6.07) is 81.7. The van der Waals surface area contributed by atoms with Gasteiger partial charge in [-0.1, -0.05) is 6.07 Å². The molecule has 1 aromatic heterocycles. The predicted octanol–water partition coefficient (Wildman–Crippen LogP) is 16.6. The van der Waals surface area contributed by atoms with E-state index in [9.17, 15) is 0 Å². The number of fused-ring (bicyclic) bond motifs is 9. The standard InChI is InChI=1S/C60H36Se/c1-3-19-41-37(15-1)17-13-29-44(41)59-50-25-9-5-21-46(50)57(47-22-6-10-26-51(47)59)39-32-34-55-54(35-39)43-33-31-40(36-56(43)61-55)58-48-23-7-11-27-52(48)60(53-28-12-8-24-49(53)58)45-30-14-18-38-16-2-4-20-42(38)45/h1-36H. The van der Waals surface area contributed by atoms with Crippen LogP contribution >= 0.6 is 0 Å². The molecule has 0 atom stereocenters. The summed E-state index contributed by atoms with van der Waals surface area (Å²) in [6.45, 7) is 0. The number of rotatable bonds is 4. The molecule has 0 bridgehead atoms. The Balaban J connectivity index is 1.01. The van der Waals surface area contributed by atoms with Crippen molar-refractivity contribution in [2.75, 3.05) is 0 Å². The third-order valence-electron chi connectivity index (χ3n) is 13.0. The zero-order valence-electron chi connectivity index (χ0n) is 33.2. The first kappa shape index (κ1) is 34.6. The molecule has 1 heteroatoms. The molecule has 1 heterocycles. The quantitative estimate of drug-likeness (QED) is 0.122. The van der Waals surface area contributed by atoms with Gasteiger partial charge in [0.2, 0.25) is 0 Å². The maximum absolute atomic E-state index is 2.50. The summed E-state index contributed by atoms with van der Waals surface area (Å²) < 4.78 is 2.90. The number of hydrogen-bond donors (Lipinski definition) is 0. The van der Waals surface area contributed by atoms with E-state index in [0.29, 0.717) is 0 Å². The van der Waals surface area contributed by atoms with Gasteiger partial charge in [0.25, 0.3) is 0 Å². The fourth-order valence-corrected chi connectivity index (χ4v) is 12.8. The molecule has 282 valence electrons. The third-order valence-corrected chi connectivity index (χ3v) is 15.4. The molecule has 0 saturated heterocycles. The van der Waals surface area contributed by atoms with Gasteiger partial charge in [-0.25, -0.2) is 0 Å². The van der Waals surface area contributed by atoms with E-state index in [1.54, 1.807) is 0 Å². The van der Waals surface area contributed by atoms with Crippen molar-refractivity contribution in [1.29, 1.82) is 0 Å². The average molecular weight is 836 g/mol. The maximum atomic E-state index is 2.50. The van der Waals surface area contributed by atoms with E-state index in [1.807, 2.05) is 0 Å². The Kier molecular flexibility index (Phi) is 7.72. The van der Waals surface area contributed by atoms with Gasteiger partial charge in [0.1, 0.15) is 0 Å². The van der Waals surface area contributed by atoms with Gasteiger partial charge in [-0.15, -0.1) is 0 Å². The van der Waals surface area contributed by atoms with E-state index >= 15 is 0 Å². The molecule has 0 N–H and O–H groups in total. The van der Waals surface area contributed by atoms with Crippen LogP contribution in [0.5, 0.6) is 0 Å². The SMILES string of the molecule is c1ccc2c(-c3c4ccccc4c(-c4ccc5c(c4)[se]c4ccc(-c6c7ccccc7c(-c7cccc8ccccc78)c7ccccc67)cc45)c4ccccc34)cccc2c1. The molecular formula is C60H36Se. The van der Waals surface area contributed by atoms with Crippen LogP contribution < -0.4 is 0 Å². The van der Waals surface area contributed by atoms with Gasteiger partial charge in [-0.05, 0) is 0 Å². The van der Waals surface area contributed by atoms with Crippen molar-refractivity contribution < 1.29 is 0 Å². The Morgan fingerprint density at radius 1 is 0.213 bits per heavy atom. The second-order valence-corrected chi connectivity index (χ2v) is 18.5. The topological polar surface area (TPSA) is 0 Å². The summed E-state index contributed by atoms with van der Waals surface area (Å²) in [5.74, 6) is 0. The third kappa shape index (κ3) is 5.25. The summed E-state index contributed by atoms with van der Waals surface area (Å²) >= 11 is 0.191. The molecule has 0 spiro atoms. The molecule has 0 radical (unpaired) electrons. The normalized spacial score (nSPS) is 11.9. The van der Waals surface area contributed by atoms with E-state index < -0.39 is 0 Å². The first-order chi connectivity index (χ1) is 30.3.